The number of nitrogens with zero attached hydrogens (tertiary/aromatic N) is 1. The molecule has 7 nitrogen and oxygen atoms in total. The summed E-state index contributed by atoms with van der Waals surface area (Å²) in [5, 5.41) is 12.2. The molecule has 90 valence electrons. The normalized spacial score (nSPS) is 10.8. The number of oxime groups is 1. The van der Waals surface area contributed by atoms with Crippen molar-refractivity contribution in [3.05, 3.63) is 29.8 Å². The number of carbonyl (C=O) groups excluding carboxylic acids is 1. The van der Waals surface area contributed by atoms with Gasteiger partial charge in [-0.25, -0.2) is 9.59 Å². The van der Waals surface area contributed by atoms with Crippen molar-refractivity contribution in [1.82, 2.24) is 0 Å². The molecule has 0 aliphatic rings. The van der Waals surface area contributed by atoms with E-state index in [4.69, 9.17) is 10.8 Å². The van der Waals surface area contributed by atoms with Crippen LogP contribution in [-0.2, 0) is 9.63 Å². The molecule has 0 spiro atoms. The van der Waals surface area contributed by atoms with Gasteiger partial charge in [0.25, 0.3) is 0 Å². The second-order valence-electron chi connectivity index (χ2n) is 2.88. The van der Waals surface area contributed by atoms with Gasteiger partial charge in [-0.1, -0.05) is 17.3 Å². The fraction of sp³-hybridized carbons (Fsp3) is 0.100. The highest BCUT2D eigenvalue weighted by Crippen LogP contribution is 2.14. The van der Waals surface area contributed by atoms with E-state index in [-0.39, 0.29) is 17.0 Å². The highest BCUT2D eigenvalue weighted by molar-refractivity contribution is 6.42. The van der Waals surface area contributed by atoms with Gasteiger partial charge in [-0.05, 0) is 12.1 Å². The molecule has 0 atom stereocenters. The first-order valence-electron chi connectivity index (χ1n) is 4.46. The van der Waals surface area contributed by atoms with Crippen LogP contribution in [0.4, 0.5) is 4.79 Å². The lowest BCUT2D eigenvalue weighted by Gasteiger charge is -2.04. The number of benzene rings is 1. The third-order valence-corrected chi connectivity index (χ3v) is 1.71. The predicted octanol–water partition coefficient (Wildman–Crippen LogP) is 0.579. The molecule has 3 N–H and O–H groups in total. The standard InChI is InChI=1S/C10H10N2O5/c1-16-12-8(9(13)14)6-3-2-4-7(5-6)17-10(11)15/h2-5H,1H3,(H2,11,15)(H,13,14)/b12-8+. The maximum Gasteiger partial charge on any atom is 0.409 e. The largest absolute Gasteiger partial charge is 0.476 e. The van der Waals surface area contributed by atoms with Gasteiger partial charge in [0, 0.05) is 5.56 Å². The van der Waals surface area contributed by atoms with Crippen molar-refractivity contribution in [3.63, 3.8) is 0 Å². The number of carboxylic acids is 1. The van der Waals surface area contributed by atoms with Crippen LogP contribution in [0.3, 0.4) is 0 Å². The number of ether oxygens (including phenoxy) is 1. The fourth-order valence-corrected chi connectivity index (χ4v) is 1.13. The molecule has 0 radical (unpaired) electrons. The average molecular weight is 238 g/mol. The van der Waals surface area contributed by atoms with E-state index in [9.17, 15) is 9.59 Å². The lowest BCUT2D eigenvalue weighted by atomic mass is 10.1. The summed E-state index contributed by atoms with van der Waals surface area (Å²) in [5.41, 5.74) is 4.77. The van der Waals surface area contributed by atoms with Crippen molar-refractivity contribution in [2.24, 2.45) is 10.9 Å². The van der Waals surface area contributed by atoms with Crippen molar-refractivity contribution < 1.29 is 24.3 Å². The van der Waals surface area contributed by atoms with Crippen LogP contribution < -0.4 is 10.5 Å². The van der Waals surface area contributed by atoms with E-state index in [0.717, 1.165) is 0 Å². The number of nitrogens with two attached hydrogens (primary N) is 1. The van der Waals surface area contributed by atoms with E-state index in [1.54, 1.807) is 0 Å². The fourth-order valence-electron chi connectivity index (χ4n) is 1.13. The Bertz CT molecular complexity index is 470. The molecular formula is C10H10N2O5. The molecule has 0 fully saturated rings. The summed E-state index contributed by atoms with van der Waals surface area (Å²) >= 11 is 0. The maximum absolute atomic E-state index is 10.9. The molecule has 0 aromatic heterocycles. The highest BCUT2D eigenvalue weighted by Gasteiger charge is 2.14. The molecule has 0 heterocycles. The monoisotopic (exact) mass is 238 g/mol. The van der Waals surface area contributed by atoms with Gasteiger partial charge in [-0.3, -0.25) is 0 Å². The van der Waals surface area contributed by atoms with Crippen LogP contribution in [0.25, 0.3) is 0 Å². The first kappa shape index (κ1) is 12.5. The molecule has 1 aromatic carbocycles. The van der Waals surface area contributed by atoms with Crippen molar-refractivity contribution >= 4 is 17.8 Å². The number of primary amides is 1. The van der Waals surface area contributed by atoms with Crippen molar-refractivity contribution in [3.8, 4) is 5.75 Å². The highest BCUT2D eigenvalue weighted by atomic mass is 16.6. The molecule has 1 amide bonds. The van der Waals surface area contributed by atoms with E-state index >= 15 is 0 Å². The van der Waals surface area contributed by atoms with E-state index in [1.807, 2.05) is 0 Å². The SMILES string of the molecule is CO/N=C(/C(=O)O)c1cccc(OC(N)=O)c1. The van der Waals surface area contributed by atoms with E-state index < -0.39 is 12.1 Å². The Labute approximate surface area is 96.4 Å². The molecule has 7 heteroatoms. The molecule has 0 aliphatic heterocycles. The molecule has 0 unspecified atom stereocenters. The van der Waals surface area contributed by atoms with Crippen LogP contribution in [0.1, 0.15) is 5.56 Å². The lowest BCUT2D eigenvalue weighted by molar-refractivity contribution is -0.129. The summed E-state index contributed by atoms with van der Waals surface area (Å²) in [4.78, 5) is 25.8. The van der Waals surface area contributed by atoms with Crippen molar-refractivity contribution in [1.29, 1.82) is 0 Å². The third-order valence-electron chi connectivity index (χ3n) is 1.71. The van der Waals surface area contributed by atoms with Crippen molar-refractivity contribution in [2.75, 3.05) is 7.11 Å². The first-order chi connectivity index (χ1) is 8.04. The zero-order chi connectivity index (χ0) is 12.8. The molecule has 0 saturated carbocycles. The summed E-state index contributed by atoms with van der Waals surface area (Å²) in [5.74, 6) is -1.14. The first-order valence-corrected chi connectivity index (χ1v) is 4.46. The van der Waals surface area contributed by atoms with Gasteiger partial charge >= 0.3 is 12.1 Å². The quantitative estimate of drug-likeness (QED) is 0.588. The molecule has 0 aliphatic carbocycles. The Morgan fingerprint density at radius 1 is 1.41 bits per heavy atom. The number of rotatable bonds is 4. The van der Waals surface area contributed by atoms with Gasteiger partial charge in [0.15, 0.2) is 5.71 Å². The van der Waals surface area contributed by atoms with Crippen LogP contribution in [0, 0.1) is 0 Å². The minimum absolute atomic E-state index is 0.125. The number of aliphatic carboxylic acids is 1. The molecule has 0 saturated heterocycles. The predicted molar refractivity (Wildman–Crippen MR) is 57.8 cm³/mol. The molecule has 0 bridgehead atoms. The van der Waals surface area contributed by atoms with Crippen LogP contribution in [0.2, 0.25) is 0 Å². The zero-order valence-electron chi connectivity index (χ0n) is 8.91. The summed E-state index contributed by atoms with van der Waals surface area (Å²) in [7, 11) is 1.23. The summed E-state index contributed by atoms with van der Waals surface area (Å²) in [6.07, 6.45) is -0.984. The number of hydrogen-bond donors (Lipinski definition) is 2. The van der Waals surface area contributed by atoms with E-state index in [2.05, 4.69) is 14.7 Å². The molecule has 1 rings (SSSR count). The summed E-state index contributed by atoms with van der Waals surface area (Å²) < 4.78 is 4.61. The number of amides is 1. The second kappa shape index (κ2) is 5.50. The zero-order valence-corrected chi connectivity index (χ0v) is 8.91. The van der Waals surface area contributed by atoms with Gasteiger partial charge in [-0.2, -0.15) is 0 Å². The number of hydrogen-bond acceptors (Lipinski definition) is 5. The van der Waals surface area contributed by atoms with Gasteiger partial charge in [-0.15, -0.1) is 0 Å². The number of carbonyl (C=O) groups is 2. The minimum atomic E-state index is -1.26. The van der Waals surface area contributed by atoms with Gasteiger partial charge in [0.2, 0.25) is 0 Å². The molecular weight excluding hydrogens is 228 g/mol. The van der Waals surface area contributed by atoms with E-state index in [0.29, 0.717) is 0 Å². The number of carboxylic acid groups (broad SMARTS) is 1. The Morgan fingerprint density at radius 3 is 2.65 bits per heavy atom. The summed E-state index contributed by atoms with van der Waals surface area (Å²) in [6.45, 7) is 0. The van der Waals surface area contributed by atoms with Crippen molar-refractivity contribution in [2.45, 2.75) is 0 Å². The van der Waals surface area contributed by atoms with Crippen LogP contribution >= 0.6 is 0 Å². The second-order valence-corrected chi connectivity index (χ2v) is 2.88. The van der Waals surface area contributed by atoms with Gasteiger partial charge in [0.05, 0.1) is 0 Å². The average Bonchev–Trinajstić information content (AvgIpc) is 2.24. The smallest absolute Gasteiger partial charge is 0.409 e. The molecule has 1 aromatic rings. The minimum Gasteiger partial charge on any atom is -0.476 e. The lowest BCUT2D eigenvalue weighted by Crippen LogP contribution is -2.18. The third kappa shape index (κ3) is 3.49. The van der Waals surface area contributed by atoms with Gasteiger partial charge < -0.3 is 20.4 Å². The Morgan fingerprint density at radius 2 is 2.12 bits per heavy atom. The Kier molecular flexibility index (Phi) is 4.04. The Hall–Kier alpha value is -2.57. The Balaban J connectivity index is 3.08. The van der Waals surface area contributed by atoms with Crippen LogP contribution in [0.15, 0.2) is 29.4 Å². The summed E-state index contributed by atoms with van der Waals surface area (Å²) in [6, 6.07) is 5.76. The maximum atomic E-state index is 10.9. The van der Waals surface area contributed by atoms with Crippen LogP contribution in [-0.4, -0.2) is 30.0 Å². The van der Waals surface area contributed by atoms with E-state index in [1.165, 1.54) is 31.4 Å². The topological polar surface area (TPSA) is 111 Å². The molecule has 17 heavy (non-hydrogen) atoms. The van der Waals surface area contributed by atoms with Crippen LogP contribution in [0.5, 0.6) is 5.75 Å². The van der Waals surface area contributed by atoms with Gasteiger partial charge in [0.1, 0.15) is 12.9 Å².